The summed E-state index contributed by atoms with van der Waals surface area (Å²) in [5.41, 5.74) is 5.00. The summed E-state index contributed by atoms with van der Waals surface area (Å²) < 4.78 is 5.62. The molecule has 1 unspecified atom stereocenters. The van der Waals surface area contributed by atoms with Gasteiger partial charge in [-0.05, 0) is 6.42 Å². The van der Waals surface area contributed by atoms with Crippen LogP contribution in [0.4, 0.5) is 0 Å². The molecule has 0 bridgehead atoms. The van der Waals surface area contributed by atoms with Crippen molar-refractivity contribution in [2.24, 2.45) is 5.73 Å². The van der Waals surface area contributed by atoms with Crippen LogP contribution in [0, 0.1) is 4.38 Å². The molecule has 0 aliphatic carbocycles. The molecule has 0 aromatic rings. The largest absolute Gasteiger partial charge is 0.481 e. The van der Waals surface area contributed by atoms with E-state index in [1.807, 2.05) is 15.8 Å². The van der Waals surface area contributed by atoms with E-state index in [0.29, 0.717) is 0 Å². The van der Waals surface area contributed by atoms with Crippen molar-refractivity contribution >= 4 is 27.8 Å². The normalized spacial score (nSPS) is 10.8. The Balaban J connectivity index is 0. The fourth-order valence-electron chi connectivity index (χ4n) is 0.402. The van der Waals surface area contributed by atoms with Gasteiger partial charge in [-0.15, -0.1) is 0 Å². The molecular formula is C5H10N2O4Se. The number of carboxylic acids is 2. The van der Waals surface area contributed by atoms with Crippen molar-refractivity contribution in [3.63, 3.8) is 0 Å². The second kappa shape index (κ2) is 8.32. The minimum atomic E-state index is -1.17. The zero-order valence-electron chi connectivity index (χ0n) is 6.19. The number of carboxylic acid groups (broad SMARTS) is 2. The predicted molar refractivity (Wildman–Crippen MR) is 41.0 cm³/mol. The quantitative estimate of drug-likeness (QED) is 0.478. The van der Waals surface area contributed by atoms with Crippen LogP contribution >= 0.6 is 0 Å². The average Bonchev–Trinajstić information content (AvgIpc) is 2.03. The first-order chi connectivity index (χ1) is 5.54. The molecule has 0 rings (SSSR count). The number of hydrogen-bond acceptors (Lipinski definition) is 4. The summed E-state index contributed by atoms with van der Waals surface area (Å²) in [5, 5.41) is 16.3. The Labute approximate surface area is 77.2 Å². The molecule has 5 N–H and O–H groups in total. The first kappa shape index (κ1) is 13.8. The summed E-state index contributed by atoms with van der Waals surface area (Å²) in [5.74, 6) is -2.20. The molecule has 0 heterocycles. The third-order valence-corrected chi connectivity index (χ3v) is 0.986. The van der Waals surface area contributed by atoms with Crippen molar-refractivity contribution in [1.82, 2.24) is 0 Å². The minimum absolute atomic E-state index is 0.0231. The summed E-state index contributed by atoms with van der Waals surface area (Å²) in [6, 6.07) is -1.06. The van der Waals surface area contributed by atoms with Crippen LogP contribution in [-0.2, 0) is 9.59 Å². The number of nitrogens with two attached hydrogens (primary N) is 1. The van der Waals surface area contributed by atoms with Crippen LogP contribution in [0.1, 0.15) is 12.8 Å². The fourth-order valence-corrected chi connectivity index (χ4v) is 0.402. The average molecular weight is 241 g/mol. The van der Waals surface area contributed by atoms with E-state index >= 15 is 0 Å². The number of carbonyl (C=O) groups is 2. The van der Waals surface area contributed by atoms with E-state index in [1.54, 1.807) is 0 Å². The van der Waals surface area contributed by atoms with Gasteiger partial charge in [0.1, 0.15) is 6.04 Å². The number of hydrogen-bond donors (Lipinski definition) is 4. The molecule has 0 radical (unpaired) electrons. The summed E-state index contributed by atoms with van der Waals surface area (Å²) in [4.78, 5) is 19.9. The van der Waals surface area contributed by atoms with Gasteiger partial charge in [0, 0.05) is 6.42 Å². The van der Waals surface area contributed by atoms with E-state index < -0.39 is 18.0 Å². The van der Waals surface area contributed by atoms with Crippen LogP contribution in [0.2, 0.25) is 0 Å². The van der Waals surface area contributed by atoms with Crippen molar-refractivity contribution in [3.8, 4) is 0 Å². The molecule has 0 aliphatic rings. The molecule has 0 saturated heterocycles. The van der Waals surface area contributed by atoms with Crippen LogP contribution in [-0.4, -0.2) is 44.0 Å². The van der Waals surface area contributed by atoms with Crippen LogP contribution in [0.15, 0.2) is 0 Å². The summed E-state index contributed by atoms with van der Waals surface area (Å²) in [6.07, 6.45) is -0.224. The molecule has 0 fully saturated rings. The van der Waals surface area contributed by atoms with E-state index in [9.17, 15) is 9.59 Å². The van der Waals surface area contributed by atoms with Crippen LogP contribution in [0.3, 0.4) is 0 Å². The van der Waals surface area contributed by atoms with Crippen molar-refractivity contribution in [3.05, 3.63) is 0 Å². The molecule has 6 nitrogen and oxygen atoms in total. The smallest absolute Gasteiger partial charge is 0.320 e. The molecular weight excluding hydrogens is 231 g/mol. The zero-order valence-corrected chi connectivity index (χ0v) is 7.90. The molecule has 12 heavy (non-hydrogen) atoms. The van der Waals surface area contributed by atoms with Gasteiger partial charge in [0.05, 0.1) is 0 Å². The Morgan fingerprint density at radius 3 is 2.08 bits per heavy atom. The fraction of sp³-hybridized carbons (Fsp3) is 0.600. The van der Waals surface area contributed by atoms with Crippen molar-refractivity contribution < 1.29 is 19.8 Å². The van der Waals surface area contributed by atoms with Crippen LogP contribution in [0.5, 0.6) is 0 Å². The molecule has 0 saturated carbocycles. The topological polar surface area (TPSA) is 124 Å². The van der Waals surface area contributed by atoms with Gasteiger partial charge in [-0.25, -0.2) is 0 Å². The molecule has 0 aliphatic heterocycles. The van der Waals surface area contributed by atoms with Crippen LogP contribution in [0.25, 0.3) is 0 Å². The number of aliphatic carboxylic acids is 2. The maximum atomic E-state index is 9.99. The van der Waals surface area contributed by atoms with Crippen LogP contribution < -0.4 is 5.73 Å². The van der Waals surface area contributed by atoms with Gasteiger partial charge in [0.15, 0.2) is 0 Å². The Kier molecular flexibility index (Phi) is 9.55. The molecule has 0 aromatic carbocycles. The van der Waals surface area contributed by atoms with E-state index in [2.05, 4.69) is 0 Å². The molecule has 70 valence electrons. The summed E-state index contributed by atoms with van der Waals surface area (Å²) in [6.45, 7) is 0. The second-order valence-electron chi connectivity index (χ2n) is 1.88. The van der Waals surface area contributed by atoms with E-state index in [1.165, 1.54) is 0 Å². The van der Waals surface area contributed by atoms with Gasteiger partial charge in [-0.2, -0.15) is 0 Å². The molecule has 0 aromatic heterocycles. The molecule has 7 heteroatoms. The monoisotopic (exact) mass is 242 g/mol. The third kappa shape index (κ3) is 9.22. The molecule has 1 atom stereocenters. The Hall–Kier alpha value is -0.781. The standard InChI is InChI=1S/C5H9NO4.HNSe/c6-3(5(9)10)1-2-4(7)8;1-2/h3H,1-2,6H2,(H,7,8)(H,9,10);1H. The number of nitrogens with one attached hydrogen (secondary N) is 1. The van der Waals surface area contributed by atoms with E-state index in [-0.39, 0.29) is 12.8 Å². The van der Waals surface area contributed by atoms with Gasteiger partial charge in [-0.1, -0.05) is 0 Å². The number of rotatable bonds is 4. The second-order valence-corrected chi connectivity index (χ2v) is 1.88. The Morgan fingerprint density at radius 1 is 1.42 bits per heavy atom. The third-order valence-electron chi connectivity index (χ3n) is 0.986. The maximum absolute atomic E-state index is 9.99. The Bertz CT molecular complexity index is 164. The maximum Gasteiger partial charge on any atom is 0.320 e. The van der Waals surface area contributed by atoms with E-state index in [0.717, 1.165) is 0 Å². The zero-order chi connectivity index (χ0) is 10.1. The SMILES string of the molecule is N=[Se].NC(CCC(=O)O)C(=O)O. The van der Waals surface area contributed by atoms with Crippen molar-refractivity contribution in [2.75, 3.05) is 0 Å². The van der Waals surface area contributed by atoms with E-state index in [4.69, 9.17) is 20.3 Å². The molecule has 0 spiro atoms. The van der Waals surface area contributed by atoms with Crippen molar-refractivity contribution in [1.29, 1.82) is 4.38 Å². The first-order valence-corrected chi connectivity index (χ1v) is 3.80. The van der Waals surface area contributed by atoms with Gasteiger partial charge < -0.3 is 15.9 Å². The van der Waals surface area contributed by atoms with Gasteiger partial charge in [0.2, 0.25) is 0 Å². The van der Waals surface area contributed by atoms with Gasteiger partial charge >= 0.3 is 32.1 Å². The summed E-state index contributed by atoms with van der Waals surface area (Å²) >= 11 is 1.88. The Morgan fingerprint density at radius 2 is 1.83 bits per heavy atom. The first-order valence-electron chi connectivity index (χ1n) is 2.94. The minimum Gasteiger partial charge on any atom is -0.481 e. The van der Waals surface area contributed by atoms with Gasteiger partial charge in [0.25, 0.3) is 0 Å². The summed E-state index contributed by atoms with van der Waals surface area (Å²) in [7, 11) is 0. The van der Waals surface area contributed by atoms with Gasteiger partial charge in [-0.3, -0.25) is 9.59 Å². The predicted octanol–water partition coefficient (Wildman–Crippen LogP) is -0.820. The van der Waals surface area contributed by atoms with Crippen molar-refractivity contribution in [2.45, 2.75) is 18.9 Å². The molecule has 0 amide bonds.